The highest BCUT2D eigenvalue weighted by molar-refractivity contribution is 4.81. The maximum Gasteiger partial charge on any atom is 0.0820 e. The molecule has 1 heteroatoms. The molecule has 1 heterocycles. The first kappa shape index (κ1) is 31.2. The summed E-state index contributed by atoms with van der Waals surface area (Å²) in [5, 5.41) is 0. The third-order valence-corrected chi connectivity index (χ3v) is 9.78. The maximum atomic E-state index is 2.33. The molecule has 1 nitrogen and oxygen atoms in total. The number of hydrogen-bond acceptors (Lipinski definition) is 0. The molecule has 0 aromatic carbocycles. The van der Waals surface area contributed by atoms with Gasteiger partial charge in [0.15, 0.2) is 0 Å². The van der Waals surface area contributed by atoms with E-state index in [4.69, 9.17) is 0 Å². The maximum absolute atomic E-state index is 2.33. The zero-order valence-electron chi connectivity index (χ0n) is 24.8. The molecule has 0 radical (unpaired) electrons. The summed E-state index contributed by atoms with van der Waals surface area (Å²) in [6.45, 7) is 10.8. The van der Waals surface area contributed by atoms with E-state index in [0.29, 0.717) is 0 Å². The Kier molecular flexibility index (Phi) is 18.7. The summed E-state index contributed by atoms with van der Waals surface area (Å²) in [7, 11) is 0. The Bertz CT molecular complexity index is 444. The number of fused-ring (bicyclic) bond motifs is 1. The average molecular weight is 491 g/mol. The van der Waals surface area contributed by atoms with Crippen LogP contribution < -0.4 is 0 Å². The van der Waals surface area contributed by atoms with Gasteiger partial charge in [-0.25, -0.2) is 0 Å². The van der Waals surface area contributed by atoms with Crippen molar-refractivity contribution in [3.63, 3.8) is 0 Å². The number of rotatable bonds is 24. The molecule has 1 saturated heterocycles. The molecular weight excluding hydrogens is 422 g/mol. The molecule has 1 aliphatic carbocycles. The van der Waals surface area contributed by atoms with Gasteiger partial charge in [-0.05, 0) is 38.5 Å². The largest absolute Gasteiger partial charge is 0.323 e. The molecule has 0 bridgehead atoms. The lowest BCUT2D eigenvalue weighted by atomic mass is 9.82. The Morgan fingerprint density at radius 2 is 0.686 bits per heavy atom. The van der Waals surface area contributed by atoms with E-state index in [-0.39, 0.29) is 0 Å². The van der Waals surface area contributed by atoms with E-state index >= 15 is 0 Å². The Hall–Kier alpha value is -0.0400. The van der Waals surface area contributed by atoms with Crippen LogP contribution in [0.5, 0.6) is 0 Å². The lowest BCUT2D eigenvalue weighted by Gasteiger charge is -2.35. The Morgan fingerprint density at radius 1 is 0.400 bits per heavy atom. The van der Waals surface area contributed by atoms with Gasteiger partial charge in [-0.2, -0.15) is 0 Å². The quantitative estimate of drug-likeness (QED) is 0.0931. The van der Waals surface area contributed by atoms with Gasteiger partial charge in [-0.1, -0.05) is 142 Å². The minimum Gasteiger partial charge on any atom is -0.323 e. The summed E-state index contributed by atoms with van der Waals surface area (Å²) in [5.41, 5.74) is 0. The summed E-state index contributed by atoms with van der Waals surface area (Å²) >= 11 is 0. The second-order valence-corrected chi connectivity index (χ2v) is 13.0. The second-order valence-electron chi connectivity index (χ2n) is 13.0. The zero-order valence-corrected chi connectivity index (χ0v) is 24.8. The van der Waals surface area contributed by atoms with E-state index < -0.39 is 0 Å². The van der Waals surface area contributed by atoms with Crippen LogP contribution in [-0.2, 0) is 0 Å². The highest BCUT2D eigenvalue weighted by Crippen LogP contribution is 2.40. The van der Waals surface area contributed by atoms with Gasteiger partial charge in [0.2, 0.25) is 0 Å². The predicted molar refractivity (Wildman–Crippen MR) is 158 cm³/mol. The van der Waals surface area contributed by atoms with Gasteiger partial charge in [0, 0.05) is 11.8 Å². The highest BCUT2D eigenvalue weighted by Gasteiger charge is 2.44. The first-order valence-electron chi connectivity index (χ1n) is 17.1. The molecular formula is C34H68N+. The van der Waals surface area contributed by atoms with Crippen LogP contribution in [0.1, 0.15) is 181 Å². The number of nitrogens with zero attached hydrogens (tertiary/aromatic N) is 1. The molecule has 0 N–H and O–H groups in total. The van der Waals surface area contributed by atoms with Crippen molar-refractivity contribution >= 4 is 0 Å². The van der Waals surface area contributed by atoms with Gasteiger partial charge in [0.1, 0.15) is 0 Å². The minimum atomic E-state index is 1.09. The smallest absolute Gasteiger partial charge is 0.0820 e. The Balaban J connectivity index is 1.52. The third-order valence-electron chi connectivity index (χ3n) is 9.78. The van der Waals surface area contributed by atoms with E-state index in [0.717, 1.165) is 11.8 Å². The van der Waals surface area contributed by atoms with Crippen LogP contribution in [-0.4, -0.2) is 30.7 Å². The minimum absolute atomic E-state index is 1.09. The normalized spacial score (nSPS) is 24.2. The van der Waals surface area contributed by atoms with Crippen molar-refractivity contribution in [2.75, 3.05) is 26.2 Å². The lowest BCUT2D eigenvalue weighted by molar-refractivity contribution is -0.919. The van der Waals surface area contributed by atoms with Gasteiger partial charge in [-0.3, -0.25) is 0 Å². The van der Waals surface area contributed by atoms with Crippen molar-refractivity contribution in [3.05, 3.63) is 0 Å². The monoisotopic (exact) mass is 491 g/mol. The van der Waals surface area contributed by atoms with Crippen molar-refractivity contribution < 1.29 is 4.48 Å². The van der Waals surface area contributed by atoms with Crippen LogP contribution in [0.3, 0.4) is 0 Å². The summed E-state index contributed by atoms with van der Waals surface area (Å²) in [4.78, 5) is 0. The average Bonchev–Trinajstić information content (AvgIpc) is 3.24. The number of likely N-dealkylation sites (tertiary alicyclic amines) is 1. The molecule has 0 amide bonds. The van der Waals surface area contributed by atoms with Crippen LogP contribution in [0.15, 0.2) is 0 Å². The van der Waals surface area contributed by atoms with Crippen molar-refractivity contribution in [2.24, 2.45) is 11.8 Å². The van der Waals surface area contributed by atoms with Gasteiger partial charge in [0.25, 0.3) is 0 Å². The van der Waals surface area contributed by atoms with E-state index in [9.17, 15) is 0 Å². The molecule has 1 saturated carbocycles. The van der Waals surface area contributed by atoms with Crippen LogP contribution in [0.4, 0.5) is 0 Å². The molecule has 0 aromatic rings. The molecule has 35 heavy (non-hydrogen) atoms. The number of quaternary nitrogens is 1. The van der Waals surface area contributed by atoms with E-state index in [1.54, 1.807) is 25.9 Å². The van der Waals surface area contributed by atoms with Crippen LogP contribution in [0, 0.1) is 11.8 Å². The number of hydrogen-bond donors (Lipinski definition) is 0. The summed E-state index contributed by atoms with van der Waals surface area (Å²) in [5.74, 6) is 2.17. The first-order valence-corrected chi connectivity index (χ1v) is 17.1. The molecule has 2 unspecified atom stereocenters. The van der Waals surface area contributed by atoms with Gasteiger partial charge < -0.3 is 4.48 Å². The molecule has 2 fully saturated rings. The third kappa shape index (κ3) is 14.5. The molecule has 2 atom stereocenters. The fraction of sp³-hybridized carbons (Fsp3) is 1.00. The van der Waals surface area contributed by atoms with Gasteiger partial charge >= 0.3 is 0 Å². The molecule has 0 spiro atoms. The first-order chi connectivity index (χ1) is 17.3. The Morgan fingerprint density at radius 3 is 1.00 bits per heavy atom. The topological polar surface area (TPSA) is 0 Å². The van der Waals surface area contributed by atoms with E-state index in [1.807, 2.05) is 0 Å². The fourth-order valence-electron chi connectivity index (χ4n) is 7.53. The molecule has 0 aromatic heterocycles. The molecule has 2 rings (SSSR count). The SMILES string of the molecule is CCCCCCCCCCCCCCCC[N+]1(CCCCCCCCCC)CC2CCCCC2C1. The molecule has 208 valence electrons. The summed E-state index contributed by atoms with van der Waals surface area (Å²) in [6.07, 6.45) is 38.7. The second kappa shape index (κ2) is 21.0. The summed E-state index contributed by atoms with van der Waals surface area (Å²) in [6, 6.07) is 0. The lowest BCUT2D eigenvalue weighted by Crippen LogP contribution is -2.47. The van der Waals surface area contributed by atoms with Crippen LogP contribution >= 0.6 is 0 Å². The Labute approximate surface area is 223 Å². The zero-order chi connectivity index (χ0) is 24.9. The molecule has 1 aliphatic heterocycles. The van der Waals surface area contributed by atoms with E-state index in [2.05, 4.69) is 13.8 Å². The van der Waals surface area contributed by atoms with Crippen molar-refractivity contribution in [1.29, 1.82) is 0 Å². The predicted octanol–water partition coefficient (Wildman–Crippen LogP) is 11.2. The highest BCUT2D eigenvalue weighted by atomic mass is 15.4. The van der Waals surface area contributed by atoms with Crippen molar-refractivity contribution in [2.45, 2.75) is 181 Å². The van der Waals surface area contributed by atoms with Gasteiger partial charge in [-0.15, -0.1) is 0 Å². The van der Waals surface area contributed by atoms with Gasteiger partial charge in [0.05, 0.1) is 26.2 Å². The van der Waals surface area contributed by atoms with Crippen LogP contribution in [0.25, 0.3) is 0 Å². The van der Waals surface area contributed by atoms with Crippen LogP contribution in [0.2, 0.25) is 0 Å². The fourth-order valence-corrected chi connectivity index (χ4v) is 7.53. The number of unbranched alkanes of at least 4 members (excludes halogenated alkanes) is 20. The standard InChI is InChI=1S/C34H68N/c1-3-5-7-9-11-13-14-15-16-17-18-20-22-26-30-35(29-25-21-19-12-10-8-6-4-2)31-33-27-23-24-28-34(33)32-35/h33-34H,3-32H2,1-2H3/q+1. The van der Waals surface area contributed by atoms with E-state index in [1.165, 1.54) is 172 Å². The van der Waals surface area contributed by atoms with Crippen molar-refractivity contribution in [3.8, 4) is 0 Å². The summed E-state index contributed by atoms with van der Waals surface area (Å²) < 4.78 is 1.53. The molecule has 2 aliphatic rings. The van der Waals surface area contributed by atoms with Crippen molar-refractivity contribution in [1.82, 2.24) is 0 Å².